The Balaban J connectivity index is 2.22. The molecule has 0 aliphatic carbocycles. The smallest absolute Gasteiger partial charge is 0.270 e. The molecule has 0 saturated carbocycles. The van der Waals surface area contributed by atoms with Crippen LogP contribution in [0.15, 0.2) is 53.0 Å². The van der Waals surface area contributed by atoms with Gasteiger partial charge in [-0.05, 0) is 34.5 Å². The number of hydrogen-bond acceptors (Lipinski definition) is 5. The number of nitrogens with zero attached hydrogens (tertiary/aromatic N) is 1. The summed E-state index contributed by atoms with van der Waals surface area (Å²) in [6.45, 7) is 2.38. The van der Waals surface area contributed by atoms with Gasteiger partial charge in [0, 0.05) is 29.8 Å². The van der Waals surface area contributed by atoms with Gasteiger partial charge in [-0.15, -0.1) is 0 Å². The average molecular weight is 422 g/mol. The Labute approximate surface area is 160 Å². The van der Waals surface area contributed by atoms with Gasteiger partial charge in [-0.25, -0.2) is 0 Å². The van der Waals surface area contributed by atoms with Crippen LogP contribution in [0.3, 0.4) is 0 Å². The zero-order valence-electron chi connectivity index (χ0n) is 14.4. The highest BCUT2D eigenvalue weighted by atomic mass is 79.9. The number of nitrogens with one attached hydrogen (secondary N) is 2. The molecule has 0 unspecified atom stereocenters. The molecule has 0 bridgehead atoms. The van der Waals surface area contributed by atoms with Gasteiger partial charge in [-0.1, -0.05) is 30.3 Å². The second-order valence-electron chi connectivity index (χ2n) is 5.78. The molecular formula is C18H20BrN3O4. The molecule has 7 nitrogen and oxygen atoms in total. The molecule has 2 N–H and O–H groups in total. The normalized spacial score (nSPS) is 13.0. The standard InChI is InChI=1S/C18H20BrN3O4/c1-12(11-26-2)20-17(13-6-4-3-5-7-13)18(23)21-16-9-8-14(22(24)25)10-15(16)19/h3-10,12,17,20H,11H2,1-2H3,(H,21,23)/t12-,17-/m0/s1. The Bertz CT molecular complexity index is 770. The molecule has 2 rings (SSSR count). The number of nitro groups is 1. The predicted octanol–water partition coefficient (Wildman–Crippen LogP) is 3.66. The van der Waals surface area contributed by atoms with E-state index in [0.29, 0.717) is 16.8 Å². The van der Waals surface area contributed by atoms with Gasteiger partial charge in [0.2, 0.25) is 5.91 Å². The number of carbonyl (C=O) groups excluding carboxylic acids is 1. The van der Waals surface area contributed by atoms with Crippen LogP contribution in [-0.2, 0) is 9.53 Å². The van der Waals surface area contributed by atoms with E-state index < -0.39 is 11.0 Å². The lowest BCUT2D eigenvalue weighted by Crippen LogP contribution is -2.40. The van der Waals surface area contributed by atoms with Crippen molar-refractivity contribution in [3.63, 3.8) is 0 Å². The number of hydrogen-bond donors (Lipinski definition) is 2. The maximum atomic E-state index is 12.9. The van der Waals surface area contributed by atoms with E-state index in [1.54, 1.807) is 7.11 Å². The van der Waals surface area contributed by atoms with E-state index in [4.69, 9.17) is 4.74 Å². The maximum Gasteiger partial charge on any atom is 0.270 e. The summed E-state index contributed by atoms with van der Waals surface area (Å²) < 4.78 is 5.57. The molecule has 138 valence electrons. The number of benzene rings is 2. The number of anilines is 1. The van der Waals surface area contributed by atoms with E-state index in [9.17, 15) is 14.9 Å². The van der Waals surface area contributed by atoms with E-state index in [-0.39, 0.29) is 17.6 Å². The number of carbonyl (C=O) groups is 1. The number of non-ortho nitro benzene ring substituents is 1. The molecule has 2 aromatic rings. The number of ether oxygens (including phenoxy) is 1. The fourth-order valence-corrected chi connectivity index (χ4v) is 2.94. The van der Waals surface area contributed by atoms with Gasteiger partial charge < -0.3 is 10.1 Å². The Morgan fingerprint density at radius 1 is 1.27 bits per heavy atom. The van der Waals surface area contributed by atoms with Crippen LogP contribution in [0, 0.1) is 10.1 Å². The summed E-state index contributed by atoms with van der Waals surface area (Å²) in [6.07, 6.45) is 0. The van der Waals surface area contributed by atoms with Crippen molar-refractivity contribution in [3.05, 3.63) is 68.7 Å². The van der Waals surface area contributed by atoms with E-state index >= 15 is 0 Å². The molecule has 1 amide bonds. The van der Waals surface area contributed by atoms with Gasteiger partial charge in [0.15, 0.2) is 0 Å². The fourth-order valence-electron chi connectivity index (χ4n) is 2.48. The lowest BCUT2D eigenvalue weighted by molar-refractivity contribution is -0.384. The minimum absolute atomic E-state index is 0.0451. The SMILES string of the molecule is COC[C@H](C)N[C@H](C(=O)Nc1ccc([N+](=O)[O-])cc1Br)c1ccccc1. The van der Waals surface area contributed by atoms with Crippen LogP contribution in [0.1, 0.15) is 18.5 Å². The second-order valence-corrected chi connectivity index (χ2v) is 6.63. The number of halogens is 1. The molecule has 26 heavy (non-hydrogen) atoms. The number of methoxy groups -OCH3 is 1. The third-order valence-electron chi connectivity index (χ3n) is 3.68. The molecule has 0 fully saturated rings. The average Bonchev–Trinajstić information content (AvgIpc) is 2.62. The second kappa shape index (κ2) is 9.42. The van der Waals surface area contributed by atoms with Crippen LogP contribution in [-0.4, -0.2) is 30.6 Å². The van der Waals surface area contributed by atoms with Crippen LogP contribution < -0.4 is 10.6 Å². The monoisotopic (exact) mass is 421 g/mol. The summed E-state index contributed by atoms with van der Waals surface area (Å²) in [5, 5.41) is 16.9. The van der Waals surface area contributed by atoms with Crippen LogP contribution >= 0.6 is 15.9 Å². The molecule has 8 heteroatoms. The minimum Gasteiger partial charge on any atom is -0.383 e. The van der Waals surface area contributed by atoms with Crippen molar-refractivity contribution >= 4 is 33.2 Å². The summed E-state index contributed by atoms with van der Waals surface area (Å²) in [7, 11) is 1.60. The van der Waals surface area contributed by atoms with Gasteiger partial charge in [-0.3, -0.25) is 20.2 Å². The molecular weight excluding hydrogens is 402 g/mol. The number of nitro benzene ring substituents is 1. The van der Waals surface area contributed by atoms with Crippen molar-refractivity contribution in [2.24, 2.45) is 0 Å². The first-order chi connectivity index (χ1) is 12.4. The highest BCUT2D eigenvalue weighted by Crippen LogP contribution is 2.28. The molecule has 2 aromatic carbocycles. The predicted molar refractivity (Wildman–Crippen MR) is 103 cm³/mol. The number of rotatable bonds is 8. The molecule has 0 spiro atoms. The zero-order chi connectivity index (χ0) is 19.1. The summed E-state index contributed by atoms with van der Waals surface area (Å²) >= 11 is 3.27. The Morgan fingerprint density at radius 2 is 1.96 bits per heavy atom. The Kier molecular flexibility index (Phi) is 7.26. The lowest BCUT2D eigenvalue weighted by atomic mass is 10.0. The van der Waals surface area contributed by atoms with E-state index in [0.717, 1.165) is 5.56 Å². The topological polar surface area (TPSA) is 93.5 Å². The van der Waals surface area contributed by atoms with E-state index in [2.05, 4.69) is 26.6 Å². The van der Waals surface area contributed by atoms with E-state index in [1.165, 1.54) is 18.2 Å². The minimum atomic E-state index is -0.594. The van der Waals surface area contributed by atoms with E-state index in [1.807, 2.05) is 37.3 Å². The third kappa shape index (κ3) is 5.35. The molecule has 0 aromatic heterocycles. The highest BCUT2D eigenvalue weighted by Gasteiger charge is 2.23. The van der Waals surface area contributed by atoms with Crippen molar-refractivity contribution in [3.8, 4) is 0 Å². The van der Waals surface area contributed by atoms with Gasteiger partial charge in [-0.2, -0.15) is 0 Å². The van der Waals surface area contributed by atoms with Crippen LogP contribution in [0.5, 0.6) is 0 Å². The summed E-state index contributed by atoms with van der Waals surface area (Å²) in [6, 6.07) is 12.9. The van der Waals surface area contributed by atoms with Gasteiger partial charge in [0.25, 0.3) is 5.69 Å². The van der Waals surface area contributed by atoms with Crippen molar-refractivity contribution < 1.29 is 14.5 Å². The lowest BCUT2D eigenvalue weighted by Gasteiger charge is -2.23. The first-order valence-electron chi connectivity index (χ1n) is 7.97. The fraction of sp³-hybridized carbons (Fsp3) is 0.278. The largest absolute Gasteiger partial charge is 0.383 e. The maximum absolute atomic E-state index is 12.9. The van der Waals surface area contributed by atoms with Crippen LogP contribution in [0.4, 0.5) is 11.4 Å². The van der Waals surface area contributed by atoms with Crippen molar-refractivity contribution in [1.29, 1.82) is 0 Å². The Morgan fingerprint density at radius 3 is 2.54 bits per heavy atom. The highest BCUT2D eigenvalue weighted by molar-refractivity contribution is 9.10. The molecule has 0 heterocycles. The first-order valence-corrected chi connectivity index (χ1v) is 8.76. The van der Waals surface area contributed by atoms with Crippen molar-refractivity contribution in [2.45, 2.75) is 19.0 Å². The number of amides is 1. The van der Waals surface area contributed by atoms with Crippen molar-refractivity contribution in [2.75, 3.05) is 19.0 Å². The van der Waals surface area contributed by atoms with Gasteiger partial charge >= 0.3 is 0 Å². The third-order valence-corrected chi connectivity index (χ3v) is 4.34. The van der Waals surface area contributed by atoms with Gasteiger partial charge in [0.05, 0.1) is 17.2 Å². The summed E-state index contributed by atoms with van der Waals surface area (Å²) in [5.41, 5.74) is 1.22. The van der Waals surface area contributed by atoms with Crippen LogP contribution in [0.25, 0.3) is 0 Å². The Hall–Kier alpha value is -2.29. The molecule has 0 saturated heterocycles. The quantitative estimate of drug-likeness (QED) is 0.500. The van der Waals surface area contributed by atoms with Crippen LogP contribution in [0.2, 0.25) is 0 Å². The molecule has 0 aliphatic heterocycles. The summed E-state index contributed by atoms with van der Waals surface area (Å²) in [5.74, 6) is -0.270. The molecule has 0 radical (unpaired) electrons. The zero-order valence-corrected chi connectivity index (χ0v) is 16.0. The van der Waals surface area contributed by atoms with Gasteiger partial charge in [0.1, 0.15) is 6.04 Å². The first kappa shape index (κ1) is 20.0. The molecule has 2 atom stereocenters. The van der Waals surface area contributed by atoms with Crippen molar-refractivity contribution in [1.82, 2.24) is 5.32 Å². The summed E-state index contributed by atoms with van der Waals surface area (Å²) in [4.78, 5) is 23.2. The molecule has 0 aliphatic rings.